The molecule has 0 radical (unpaired) electrons. The van der Waals surface area contributed by atoms with Crippen molar-refractivity contribution in [3.05, 3.63) is 29.8 Å². The summed E-state index contributed by atoms with van der Waals surface area (Å²) in [4.78, 5) is 12.3. The second-order valence-corrected chi connectivity index (χ2v) is 9.11. The molecule has 140 valence electrons. The highest BCUT2D eigenvalue weighted by molar-refractivity contribution is 7.89. The summed E-state index contributed by atoms with van der Waals surface area (Å²) < 4.78 is 26.8. The zero-order valence-corrected chi connectivity index (χ0v) is 16.1. The predicted molar refractivity (Wildman–Crippen MR) is 99.8 cm³/mol. The number of nitrogens with one attached hydrogen (secondary N) is 1. The summed E-state index contributed by atoms with van der Waals surface area (Å²) in [5.74, 6) is 0.627. The van der Waals surface area contributed by atoms with Gasteiger partial charge in [0.25, 0.3) is 0 Å². The van der Waals surface area contributed by atoms with E-state index in [1.807, 2.05) is 0 Å². The lowest BCUT2D eigenvalue weighted by atomic mass is 10.1. The predicted octanol–water partition coefficient (Wildman–Crippen LogP) is 2.96. The Bertz CT molecular complexity index is 648. The van der Waals surface area contributed by atoms with Crippen LogP contribution in [0.15, 0.2) is 29.2 Å². The van der Waals surface area contributed by atoms with Gasteiger partial charge in [-0.25, -0.2) is 8.42 Å². The first-order valence-corrected chi connectivity index (χ1v) is 10.7. The van der Waals surface area contributed by atoms with Crippen molar-refractivity contribution >= 4 is 15.9 Å². The van der Waals surface area contributed by atoms with Crippen molar-refractivity contribution in [2.24, 2.45) is 5.92 Å². The summed E-state index contributed by atoms with van der Waals surface area (Å²) in [5.41, 5.74) is 0.832. The smallest absolute Gasteiger partial charge is 0.243 e. The van der Waals surface area contributed by atoms with Crippen LogP contribution in [-0.4, -0.2) is 38.3 Å². The van der Waals surface area contributed by atoms with Crippen molar-refractivity contribution in [1.29, 1.82) is 0 Å². The highest BCUT2D eigenvalue weighted by Crippen LogP contribution is 2.20. The van der Waals surface area contributed by atoms with Crippen LogP contribution in [0.25, 0.3) is 0 Å². The number of sulfonamides is 1. The van der Waals surface area contributed by atoms with Gasteiger partial charge in [0.1, 0.15) is 0 Å². The summed E-state index contributed by atoms with van der Waals surface area (Å²) in [6.07, 6.45) is 5.31. The summed E-state index contributed by atoms with van der Waals surface area (Å²) in [5, 5.41) is 2.92. The average Bonchev–Trinajstić information content (AvgIpc) is 2.60. The first-order chi connectivity index (χ1) is 11.9. The van der Waals surface area contributed by atoms with Crippen LogP contribution in [-0.2, 0) is 21.2 Å². The van der Waals surface area contributed by atoms with Crippen LogP contribution in [0.4, 0.5) is 0 Å². The Morgan fingerprint density at radius 3 is 2.36 bits per heavy atom. The van der Waals surface area contributed by atoms with Crippen molar-refractivity contribution in [1.82, 2.24) is 9.62 Å². The van der Waals surface area contributed by atoms with Crippen LogP contribution in [0.5, 0.6) is 0 Å². The summed E-state index contributed by atoms with van der Waals surface area (Å²) >= 11 is 0. The SMILES string of the molecule is CC(C)CCCNC(=O)Cc1ccc(S(=O)(=O)N2CCCCC2)cc1. The van der Waals surface area contributed by atoms with Gasteiger partial charge in [0, 0.05) is 19.6 Å². The van der Waals surface area contributed by atoms with Gasteiger partial charge in [-0.1, -0.05) is 32.4 Å². The molecule has 1 N–H and O–H groups in total. The van der Waals surface area contributed by atoms with Crippen LogP contribution in [0.1, 0.15) is 51.5 Å². The van der Waals surface area contributed by atoms with Gasteiger partial charge in [-0.05, 0) is 49.3 Å². The van der Waals surface area contributed by atoms with Gasteiger partial charge in [0.15, 0.2) is 0 Å². The zero-order chi connectivity index (χ0) is 18.3. The van der Waals surface area contributed by atoms with Gasteiger partial charge in [-0.15, -0.1) is 0 Å². The van der Waals surface area contributed by atoms with Crippen molar-refractivity contribution in [2.45, 2.75) is 57.3 Å². The maximum Gasteiger partial charge on any atom is 0.243 e. The Kier molecular flexibility index (Phi) is 7.44. The Morgan fingerprint density at radius 1 is 1.12 bits per heavy atom. The molecule has 1 heterocycles. The van der Waals surface area contributed by atoms with E-state index in [-0.39, 0.29) is 12.3 Å². The number of rotatable bonds is 8. The molecule has 2 rings (SSSR count). The van der Waals surface area contributed by atoms with Gasteiger partial charge in [-0.2, -0.15) is 4.31 Å². The number of hydrogen-bond donors (Lipinski definition) is 1. The molecule has 25 heavy (non-hydrogen) atoms. The molecule has 0 atom stereocenters. The molecule has 0 spiro atoms. The molecule has 0 aromatic heterocycles. The fourth-order valence-electron chi connectivity index (χ4n) is 3.02. The first kappa shape index (κ1) is 19.9. The average molecular weight is 367 g/mol. The second kappa shape index (κ2) is 9.34. The lowest BCUT2D eigenvalue weighted by molar-refractivity contribution is -0.120. The zero-order valence-electron chi connectivity index (χ0n) is 15.3. The van der Waals surface area contributed by atoms with Crippen LogP contribution < -0.4 is 5.32 Å². The fourth-order valence-corrected chi connectivity index (χ4v) is 4.54. The van der Waals surface area contributed by atoms with Crippen molar-refractivity contribution in [2.75, 3.05) is 19.6 Å². The van der Waals surface area contributed by atoms with Crippen molar-refractivity contribution in [3.63, 3.8) is 0 Å². The molecule has 1 aliphatic heterocycles. The number of hydrogen-bond acceptors (Lipinski definition) is 3. The molecule has 1 amide bonds. The summed E-state index contributed by atoms with van der Waals surface area (Å²) in [6, 6.07) is 6.71. The molecule has 0 unspecified atom stereocenters. The Balaban J connectivity index is 1.87. The monoisotopic (exact) mass is 366 g/mol. The van der Waals surface area contributed by atoms with Gasteiger partial charge >= 0.3 is 0 Å². The number of benzene rings is 1. The number of carbonyl (C=O) groups excluding carboxylic acids is 1. The van der Waals surface area contributed by atoms with Gasteiger partial charge < -0.3 is 5.32 Å². The summed E-state index contributed by atoms with van der Waals surface area (Å²) in [6.45, 7) is 6.23. The van der Waals surface area contributed by atoms with Crippen LogP contribution in [0, 0.1) is 5.92 Å². The Hall–Kier alpha value is -1.40. The van der Waals surface area contributed by atoms with E-state index in [4.69, 9.17) is 0 Å². The van der Waals surface area contributed by atoms with E-state index in [1.165, 1.54) is 0 Å². The third-order valence-electron chi connectivity index (χ3n) is 4.52. The minimum atomic E-state index is -3.40. The number of amides is 1. The number of carbonyl (C=O) groups is 1. The standard InChI is InChI=1S/C19H30N2O3S/c1-16(2)7-6-12-20-19(22)15-17-8-10-18(11-9-17)25(23,24)21-13-4-3-5-14-21/h8-11,16H,3-7,12-15H2,1-2H3,(H,20,22). The Labute approximate surface area is 151 Å². The Morgan fingerprint density at radius 2 is 1.76 bits per heavy atom. The van der Waals surface area contributed by atoms with E-state index in [2.05, 4.69) is 19.2 Å². The minimum absolute atomic E-state index is 0.0182. The highest BCUT2D eigenvalue weighted by atomic mass is 32.2. The van der Waals surface area contributed by atoms with E-state index >= 15 is 0 Å². The van der Waals surface area contributed by atoms with E-state index in [1.54, 1.807) is 28.6 Å². The normalized spacial score (nSPS) is 16.1. The third kappa shape index (κ3) is 6.12. The van der Waals surface area contributed by atoms with Crippen LogP contribution in [0.3, 0.4) is 0 Å². The van der Waals surface area contributed by atoms with Crippen molar-refractivity contribution < 1.29 is 13.2 Å². The van der Waals surface area contributed by atoms with E-state index in [0.717, 1.165) is 37.7 Å². The quantitative estimate of drug-likeness (QED) is 0.719. The molecular formula is C19H30N2O3S. The molecule has 1 aromatic rings. The lowest BCUT2D eigenvalue weighted by Crippen LogP contribution is -2.35. The van der Waals surface area contributed by atoms with Gasteiger partial charge in [-0.3, -0.25) is 4.79 Å². The van der Waals surface area contributed by atoms with Gasteiger partial charge in [0.05, 0.1) is 11.3 Å². The van der Waals surface area contributed by atoms with E-state index in [9.17, 15) is 13.2 Å². The maximum atomic E-state index is 12.6. The molecule has 0 saturated carbocycles. The topological polar surface area (TPSA) is 66.5 Å². The van der Waals surface area contributed by atoms with Gasteiger partial charge in [0.2, 0.25) is 15.9 Å². The highest BCUT2D eigenvalue weighted by Gasteiger charge is 2.25. The molecule has 1 aromatic carbocycles. The lowest BCUT2D eigenvalue weighted by Gasteiger charge is -2.25. The maximum absolute atomic E-state index is 12.6. The second-order valence-electron chi connectivity index (χ2n) is 7.17. The molecule has 1 aliphatic rings. The van der Waals surface area contributed by atoms with Crippen molar-refractivity contribution in [3.8, 4) is 0 Å². The fraction of sp³-hybridized carbons (Fsp3) is 0.632. The molecule has 1 fully saturated rings. The van der Waals surface area contributed by atoms with E-state index in [0.29, 0.717) is 30.4 Å². The molecule has 0 aliphatic carbocycles. The van der Waals surface area contributed by atoms with Crippen LogP contribution in [0.2, 0.25) is 0 Å². The molecule has 5 nitrogen and oxygen atoms in total. The minimum Gasteiger partial charge on any atom is -0.356 e. The molecule has 6 heteroatoms. The van der Waals surface area contributed by atoms with E-state index < -0.39 is 10.0 Å². The molecule has 1 saturated heterocycles. The third-order valence-corrected chi connectivity index (χ3v) is 6.43. The largest absolute Gasteiger partial charge is 0.356 e. The molecule has 0 bridgehead atoms. The summed E-state index contributed by atoms with van der Waals surface area (Å²) in [7, 11) is -3.40. The number of nitrogens with zero attached hydrogens (tertiary/aromatic N) is 1. The molecular weight excluding hydrogens is 336 g/mol. The first-order valence-electron chi connectivity index (χ1n) is 9.25. The number of piperidine rings is 1. The van der Waals surface area contributed by atoms with Crippen LogP contribution >= 0.6 is 0 Å².